The fourth-order valence-electron chi connectivity index (χ4n) is 1.90. The number of thioether (sulfide) groups is 1. The van der Waals surface area contributed by atoms with Crippen LogP contribution in [-0.4, -0.2) is 23.2 Å². The van der Waals surface area contributed by atoms with E-state index < -0.39 is 11.1 Å². The van der Waals surface area contributed by atoms with Crippen LogP contribution in [0.15, 0.2) is 17.0 Å². The van der Waals surface area contributed by atoms with Gasteiger partial charge in [0.25, 0.3) is 0 Å². The number of nitrogens with one attached hydrogen (secondary N) is 1. The summed E-state index contributed by atoms with van der Waals surface area (Å²) in [6.07, 6.45) is 0.795. The lowest BCUT2D eigenvalue weighted by molar-refractivity contribution is -0.148. The first kappa shape index (κ1) is 21.8. The Morgan fingerprint density at radius 3 is 2.44 bits per heavy atom. The highest BCUT2D eigenvalue weighted by atomic mass is 35.5. The molecule has 0 aliphatic carbocycles. The molecule has 25 heavy (non-hydrogen) atoms. The lowest BCUT2D eigenvalue weighted by atomic mass is 10.1. The minimum Gasteiger partial charge on any atom is -0.462 e. The molecule has 0 saturated heterocycles. The fourth-order valence-corrected chi connectivity index (χ4v) is 3.23. The van der Waals surface area contributed by atoms with Gasteiger partial charge < -0.3 is 10.1 Å². The van der Waals surface area contributed by atoms with E-state index in [-0.39, 0.29) is 41.0 Å². The molecule has 0 bridgehead atoms. The van der Waals surface area contributed by atoms with E-state index in [2.05, 4.69) is 5.32 Å². The smallest absolute Gasteiger partial charge is 0.319 e. The van der Waals surface area contributed by atoms with Crippen LogP contribution in [0.3, 0.4) is 0 Å². The number of amides is 1. The average Bonchev–Trinajstić information content (AvgIpc) is 2.55. The van der Waals surface area contributed by atoms with Crippen LogP contribution in [-0.2, 0) is 14.3 Å². The number of rotatable bonds is 8. The van der Waals surface area contributed by atoms with E-state index in [9.17, 15) is 14.0 Å². The van der Waals surface area contributed by atoms with Crippen LogP contribution >= 0.6 is 23.4 Å². The maximum absolute atomic E-state index is 14.0. The molecule has 1 amide bonds. The SMILES string of the molecule is CCC(=O)Nc1cc(SC(C(=O)OC(C)CC)C(C)C)c(Cl)cc1F. The number of carbonyl (C=O) groups excluding carboxylic acids is 2. The molecule has 2 atom stereocenters. The molecule has 0 spiro atoms. The number of anilines is 1. The van der Waals surface area contributed by atoms with Gasteiger partial charge in [0, 0.05) is 11.3 Å². The molecule has 1 aromatic rings. The Kier molecular flexibility index (Phi) is 8.73. The van der Waals surface area contributed by atoms with E-state index in [0.717, 1.165) is 12.5 Å². The lowest BCUT2D eigenvalue weighted by Gasteiger charge is -2.22. The minimum atomic E-state index is -0.612. The first-order chi connectivity index (χ1) is 11.7. The standard InChI is InChI=1S/C18H25ClFNO3S/c1-6-11(5)24-18(23)17(10(3)4)25-15-9-14(21-16(22)7-2)13(20)8-12(15)19/h8-11,17H,6-7H2,1-5H3,(H,21,22). The largest absolute Gasteiger partial charge is 0.462 e. The second-order valence-electron chi connectivity index (χ2n) is 6.10. The minimum absolute atomic E-state index is 0.00337. The highest BCUT2D eigenvalue weighted by Gasteiger charge is 2.27. The zero-order valence-corrected chi connectivity index (χ0v) is 16.8. The van der Waals surface area contributed by atoms with Crippen molar-refractivity contribution >= 4 is 40.9 Å². The van der Waals surface area contributed by atoms with Crippen LogP contribution in [0, 0.1) is 11.7 Å². The van der Waals surface area contributed by atoms with Crippen LogP contribution in [0.5, 0.6) is 0 Å². The van der Waals surface area contributed by atoms with E-state index in [0.29, 0.717) is 4.90 Å². The summed E-state index contributed by atoms with van der Waals surface area (Å²) in [4.78, 5) is 24.5. The molecule has 0 radical (unpaired) electrons. The Hall–Kier alpha value is -1.27. The maximum atomic E-state index is 14.0. The third kappa shape index (κ3) is 6.51. The molecule has 0 aliphatic heterocycles. The predicted octanol–water partition coefficient (Wildman–Crippen LogP) is 5.29. The predicted molar refractivity (Wildman–Crippen MR) is 101 cm³/mol. The molecular weight excluding hydrogens is 365 g/mol. The third-order valence-corrected chi connectivity index (χ3v) is 5.61. The number of esters is 1. The molecule has 0 fully saturated rings. The van der Waals surface area contributed by atoms with Gasteiger partial charge >= 0.3 is 5.97 Å². The number of ether oxygens (including phenoxy) is 1. The summed E-state index contributed by atoms with van der Waals surface area (Å²) in [5.41, 5.74) is 0.0524. The molecule has 7 heteroatoms. The van der Waals surface area contributed by atoms with Gasteiger partial charge in [-0.25, -0.2) is 4.39 Å². The molecule has 2 unspecified atom stereocenters. The number of carbonyl (C=O) groups is 2. The van der Waals surface area contributed by atoms with E-state index in [1.807, 2.05) is 27.7 Å². The number of benzene rings is 1. The van der Waals surface area contributed by atoms with Crippen molar-refractivity contribution < 1.29 is 18.7 Å². The first-order valence-electron chi connectivity index (χ1n) is 8.35. The quantitative estimate of drug-likeness (QED) is 0.485. The molecule has 0 saturated carbocycles. The number of hydrogen-bond donors (Lipinski definition) is 1. The van der Waals surface area contributed by atoms with E-state index in [1.54, 1.807) is 6.92 Å². The maximum Gasteiger partial charge on any atom is 0.319 e. The first-order valence-corrected chi connectivity index (χ1v) is 9.61. The van der Waals surface area contributed by atoms with Crippen molar-refractivity contribution in [3.05, 3.63) is 23.0 Å². The Morgan fingerprint density at radius 2 is 1.92 bits per heavy atom. The molecule has 0 heterocycles. The van der Waals surface area contributed by atoms with Crippen LogP contribution in [0.1, 0.15) is 47.5 Å². The van der Waals surface area contributed by atoms with Gasteiger partial charge in [0.2, 0.25) is 5.91 Å². The summed E-state index contributed by atoms with van der Waals surface area (Å²) in [7, 11) is 0. The van der Waals surface area contributed by atoms with Crippen molar-refractivity contribution in [3.63, 3.8) is 0 Å². The molecule has 1 rings (SSSR count). The number of halogens is 2. The Bertz CT molecular complexity index is 625. The van der Waals surface area contributed by atoms with Crippen LogP contribution in [0.2, 0.25) is 5.02 Å². The molecule has 1 N–H and O–H groups in total. The molecule has 0 aliphatic rings. The van der Waals surface area contributed by atoms with Gasteiger partial charge in [-0.05, 0) is 31.4 Å². The molecule has 140 valence electrons. The highest BCUT2D eigenvalue weighted by Crippen LogP contribution is 2.37. The van der Waals surface area contributed by atoms with Gasteiger partial charge in [-0.2, -0.15) is 0 Å². The van der Waals surface area contributed by atoms with Crippen molar-refractivity contribution in [1.29, 1.82) is 0 Å². The van der Waals surface area contributed by atoms with Crippen molar-refractivity contribution in [2.45, 2.75) is 63.7 Å². The second kappa shape index (κ2) is 10.0. The van der Waals surface area contributed by atoms with Gasteiger partial charge in [-0.3, -0.25) is 9.59 Å². The topological polar surface area (TPSA) is 55.4 Å². The van der Waals surface area contributed by atoms with Gasteiger partial charge in [0.05, 0.1) is 16.8 Å². The van der Waals surface area contributed by atoms with Crippen molar-refractivity contribution in [3.8, 4) is 0 Å². The van der Waals surface area contributed by atoms with Crippen LogP contribution in [0.25, 0.3) is 0 Å². The lowest BCUT2D eigenvalue weighted by Crippen LogP contribution is -2.28. The molecule has 0 aromatic heterocycles. The summed E-state index contributed by atoms with van der Waals surface area (Å²) in [5, 5.41) is 2.21. The van der Waals surface area contributed by atoms with Crippen molar-refractivity contribution in [2.24, 2.45) is 5.92 Å². The van der Waals surface area contributed by atoms with Crippen molar-refractivity contribution in [2.75, 3.05) is 5.32 Å². The Morgan fingerprint density at radius 1 is 1.28 bits per heavy atom. The summed E-state index contributed by atoms with van der Waals surface area (Å²) in [5.74, 6) is -1.24. The van der Waals surface area contributed by atoms with Crippen LogP contribution in [0.4, 0.5) is 10.1 Å². The average molecular weight is 390 g/mol. The monoisotopic (exact) mass is 389 g/mol. The van der Waals surface area contributed by atoms with E-state index in [1.165, 1.54) is 17.8 Å². The summed E-state index contributed by atoms with van der Waals surface area (Å²) in [6, 6.07) is 2.61. The summed E-state index contributed by atoms with van der Waals surface area (Å²) in [6.45, 7) is 9.27. The van der Waals surface area contributed by atoms with E-state index in [4.69, 9.17) is 16.3 Å². The summed E-state index contributed by atoms with van der Waals surface area (Å²) >= 11 is 7.35. The van der Waals surface area contributed by atoms with E-state index >= 15 is 0 Å². The normalized spacial score (nSPS) is 13.4. The molecule has 1 aromatic carbocycles. The Labute approximate surface area is 157 Å². The molecular formula is C18H25ClFNO3S. The van der Waals surface area contributed by atoms with Gasteiger partial charge in [0.1, 0.15) is 11.1 Å². The van der Waals surface area contributed by atoms with Crippen molar-refractivity contribution in [1.82, 2.24) is 0 Å². The zero-order valence-electron chi connectivity index (χ0n) is 15.2. The highest BCUT2D eigenvalue weighted by molar-refractivity contribution is 8.00. The Balaban J connectivity index is 3.06. The third-order valence-electron chi connectivity index (χ3n) is 3.60. The molecule has 4 nitrogen and oxygen atoms in total. The number of hydrogen-bond acceptors (Lipinski definition) is 4. The van der Waals surface area contributed by atoms with Gasteiger partial charge in [0.15, 0.2) is 0 Å². The van der Waals surface area contributed by atoms with Crippen LogP contribution < -0.4 is 5.32 Å². The van der Waals surface area contributed by atoms with Gasteiger partial charge in [-0.15, -0.1) is 11.8 Å². The zero-order chi connectivity index (χ0) is 19.1. The fraction of sp³-hybridized carbons (Fsp3) is 0.556. The van der Waals surface area contributed by atoms with Gasteiger partial charge in [-0.1, -0.05) is 39.3 Å². The summed E-state index contributed by atoms with van der Waals surface area (Å²) < 4.78 is 19.4. The second-order valence-corrected chi connectivity index (χ2v) is 7.69.